The molecule has 198 valence electrons. The standard InChI is InChI=1S/C30H33FN4O3/c1-2-5-26-20-34(16-17-35(26)28(36)15-11-21-9-13-25(31)14-10-21)27(29(37)33-30(32)38)19-22-8-12-23-6-3-4-7-24(23)18-22/h2-4,6-10,12-14,18,26-27H,1,5,11,15-17,19-20H2,(H3,32,33,37,38). The number of aryl methyl sites for hydroxylation is 1. The van der Waals surface area contributed by atoms with E-state index in [1.807, 2.05) is 46.2 Å². The van der Waals surface area contributed by atoms with Gasteiger partial charge in [-0.05, 0) is 53.3 Å². The molecule has 1 aliphatic rings. The summed E-state index contributed by atoms with van der Waals surface area (Å²) in [7, 11) is 0. The zero-order chi connectivity index (χ0) is 27.1. The minimum absolute atomic E-state index is 0.00786. The molecule has 2 unspecified atom stereocenters. The topological polar surface area (TPSA) is 95.7 Å². The number of benzene rings is 3. The van der Waals surface area contributed by atoms with E-state index in [0.29, 0.717) is 45.3 Å². The minimum atomic E-state index is -0.893. The SMILES string of the molecule is C=CCC1CN(C(Cc2ccc3ccccc3c2)C(=O)NC(N)=O)CCN1C(=O)CCc1ccc(F)cc1. The maximum atomic E-state index is 13.2. The van der Waals surface area contributed by atoms with Crippen LogP contribution in [0.3, 0.4) is 0 Å². The van der Waals surface area contributed by atoms with Gasteiger partial charge < -0.3 is 10.6 Å². The summed E-state index contributed by atoms with van der Waals surface area (Å²) in [5.41, 5.74) is 7.14. The molecular formula is C30H33FN4O3. The van der Waals surface area contributed by atoms with Gasteiger partial charge in [-0.25, -0.2) is 9.18 Å². The zero-order valence-electron chi connectivity index (χ0n) is 21.3. The van der Waals surface area contributed by atoms with Gasteiger partial charge in [0, 0.05) is 32.1 Å². The number of piperazine rings is 1. The van der Waals surface area contributed by atoms with Crippen molar-refractivity contribution < 1.29 is 18.8 Å². The predicted molar refractivity (Wildman–Crippen MR) is 146 cm³/mol. The van der Waals surface area contributed by atoms with Gasteiger partial charge in [0.25, 0.3) is 0 Å². The lowest BCUT2D eigenvalue weighted by Crippen LogP contribution is -2.61. The molecule has 2 atom stereocenters. The first-order chi connectivity index (χ1) is 18.3. The van der Waals surface area contributed by atoms with Crippen LogP contribution in [-0.2, 0) is 22.4 Å². The van der Waals surface area contributed by atoms with Crippen LogP contribution in [-0.4, -0.2) is 59.4 Å². The molecule has 0 spiro atoms. The van der Waals surface area contributed by atoms with Gasteiger partial charge in [0.1, 0.15) is 5.82 Å². The number of nitrogens with two attached hydrogens (primary N) is 1. The number of urea groups is 1. The summed E-state index contributed by atoms with van der Waals surface area (Å²) in [5.74, 6) is -0.756. The van der Waals surface area contributed by atoms with Crippen molar-refractivity contribution in [2.24, 2.45) is 5.73 Å². The summed E-state index contributed by atoms with van der Waals surface area (Å²) in [6.07, 6.45) is 3.56. The van der Waals surface area contributed by atoms with Crippen LogP contribution >= 0.6 is 0 Å². The molecule has 1 heterocycles. The molecule has 0 radical (unpaired) electrons. The summed E-state index contributed by atoms with van der Waals surface area (Å²) >= 11 is 0. The number of amides is 4. The molecule has 38 heavy (non-hydrogen) atoms. The molecule has 3 aromatic rings. The Morgan fingerprint density at radius 1 is 1.03 bits per heavy atom. The molecular weight excluding hydrogens is 483 g/mol. The van der Waals surface area contributed by atoms with Crippen LogP contribution in [0.4, 0.5) is 9.18 Å². The lowest BCUT2D eigenvalue weighted by atomic mass is 9.98. The predicted octanol–water partition coefficient (Wildman–Crippen LogP) is 3.81. The molecule has 4 rings (SSSR count). The van der Waals surface area contributed by atoms with Crippen molar-refractivity contribution in [3.63, 3.8) is 0 Å². The van der Waals surface area contributed by atoms with E-state index < -0.39 is 18.0 Å². The number of nitrogens with one attached hydrogen (secondary N) is 1. The van der Waals surface area contributed by atoms with Gasteiger partial charge >= 0.3 is 6.03 Å². The highest BCUT2D eigenvalue weighted by molar-refractivity contribution is 5.96. The third-order valence-corrected chi connectivity index (χ3v) is 7.05. The highest BCUT2D eigenvalue weighted by Gasteiger charge is 2.35. The second-order valence-corrected chi connectivity index (χ2v) is 9.64. The van der Waals surface area contributed by atoms with E-state index in [1.165, 1.54) is 12.1 Å². The molecule has 1 aliphatic heterocycles. The number of halogens is 1. The number of carbonyl (C=O) groups is 3. The van der Waals surface area contributed by atoms with Crippen molar-refractivity contribution in [3.05, 3.63) is 96.3 Å². The highest BCUT2D eigenvalue weighted by Crippen LogP contribution is 2.22. The fourth-order valence-corrected chi connectivity index (χ4v) is 5.11. The summed E-state index contributed by atoms with van der Waals surface area (Å²) in [5, 5.41) is 4.43. The van der Waals surface area contributed by atoms with Gasteiger partial charge in [0.05, 0.1) is 6.04 Å². The minimum Gasteiger partial charge on any atom is -0.351 e. The highest BCUT2D eigenvalue weighted by atomic mass is 19.1. The summed E-state index contributed by atoms with van der Waals surface area (Å²) in [6, 6.07) is 18.5. The Hall–Kier alpha value is -4.04. The lowest BCUT2D eigenvalue weighted by Gasteiger charge is -2.44. The maximum absolute atomic E-state index is 13.2. The lowest BCUT2D eigenvalue weighted by molar-refractivity contribution is -0.137. The molecule has 3 N–H and O–H groups in total. The average Bonchev–Trinajstić information content (AvgIpc) is 2.91. The Morgan fingerprint density at radius 2 is 1.74 bits per heavy atom. The molecule has 0 aromatic heterocycles. The van der Waals surface area contributed by atoms with Crippen molar-refractivity contribution in [1.29, 1.82) is 0 Å². The first kappa shape index (κ1) is 27.0. The van der Waals surface area contributed by atoms with E-state index in [1.54, 1.807) is 18.2 Å². The van der Waals surface area contributed by atoms with Gasteiger partial charge in [-0.15, -0.1) is 6.58 Å². The molecule has 1 fully saturated rings. The van der Waals surface area contributed by atoms with E-state index in [9.17, 15) is 18.8 Å². The Morgan fingerprint density at radius 3 is 2.45 bits per heavy atom. The Labute approximate surface area is 222 Å². The number of fused-ring (bicyclic) bond motifs is 1. The second kappa shape index (κ2) is 12.5. The van der Waals surface area contributed by atoms with Gasteiger partial charge in [-0.2, -0.15) is 0 Å². The smallest absolute Gasteiger partial charge is 0.318 e. The van der Waals surface area contributed by atoms with Crippen LogP contribution in [0.25, 0.3) is 10.8 Å². The molecule has 4 amide bonds. The fourth-order valence-electron chi connectivity index (χ4n) is 5.11. The van der Waals surface area contributed by atoms with Crippen LogP contribution in [0, 0.1) is 5.82 Å². The Balaban J connectivity index is 1.48. The Bertz CT molecular complexity index is 1310. The van der Waals surface area contributed by atoms with E-state index in [2.05, 4.69) is 18.0 Å². The molecule has 8 heteroatoms. The number of rotatable bonds is 9. The first-order valence-electron chi connectivity index (χ1n) is 12.8. The third-order valence-electron chi connectivity index (χ3n) is 7.05. The molecule has 0 saturated carbocycles. The maximum Gasteiger partial charge on any atom is 0.318 e. The monoisotopic (exact) mass is 516 g/mol. The largest absolute Gasteiger partial charge is 0.351 e. The normalized spacial score (nSPS) is 16.7. The third kappa shape index (κ3) is 6.83. The van der Waals surface area contributed by atoms with Crippen molar-refractivity contribution in [2.45, 2.75) is 37.8 Å². The van der Waals surface area contributed by atoms with Gasteiger partial charge in [0.2, 0.25) is 11.8 Å². The van der Waals surface area contributed by atoms with Gasteiger partial charge in [-0.1, -0.05) is 60.7 Å². The van der Waals surface area contributed by atoms with Crippen molar-refractivity contribution in [1.82, 2.24) is 15.1 Å². The molecule has 7 nitrogen and oxygen atoms in total. The van der Waals surface area contributed by atoms with E-state index >= 15 is 0 Å². The van der Waals surface area contributed by atoms with Crippen molar-refractivity contribution >= 4 is 28.6 Å². The quantitative estimate of drug-likeness (QED) is 0.423. The summed E-state index contributed by atoms with van der Waals surface area (Å²) in [6.45, 7) is 5.23. The van der Waals surface area contributed by atoms with Crippen LogP contribution in [0.1, 0.15) is 24.0 Å². The van der Waals surface area contributed by atoms with Crippen LogP contribution in [0.15, 0.2) is 79.4 Å². The average molecular weight is 517 g/mol. The van der Waals surface area contributed by atoms with Gasteiger partial charge in [-0.3, -0.25) is 19.8 Å². The summed E-state index contributed by atoms with van der Waals surface area (Å²) in [4.78, 5) is 41.6. The molecule has 0 bridgehead atoms. The first-order valence-corrected chi connectivity index (χ1v) is 12.8. The van der Waals surface area contributed by atoms with Crippen LogP contribution < -0.4 is 11.1 Å². The fraction of sp³-hybridized carbons (Fsp3) is 0.300. The van der Waals surface area contributed by atoms with Crippen molar-refractivity contribution in [3.8, 4) is 0 Å². The summed E-state index contributed by atoms with van der Waals surface area (Å²) < 4.78 is 13.2. The number of nitrogens with zero attached hydrogens (tertiary/aromatic N) is 2. The number of hydrogen-bond donors (Lipinski definition) is 2. The van der Waals surface area contributed by atoms with Crippen molar-refractivity contribution in [2.75, 3.05) is 19.6 Å². The molecule has 3 aromatic carbocycles. The van der Waals surface area contributed by atoms with E-state index in [4.69, 9.17) is 5.73 Å². The number of primary amides is 1. The van der Waals surface area contributed by atoms with E-state index in [0.717, 1.165) is 21.9 Å². The van der Waals surface area contributed by atoms with E-state index in [-0.39, 0.29) is 17.8 Å². The molecule has 0 aliphatic carbocycles. The van der Waals surface area contributed by atoms with Crippen LogP contribution in [0.2, 0.25) is 0 Å². The number of imide groups is 1. The number of hydrogen-bond acceptors (Lipinski definition) is 4. The van der Waals surface area contributed by atoms with Gasteiger partial charge in [0.15, 0.2) is 0 Å². The zero-order valence-corrected chi connectivity index (χ0v) is 21.3. The number of carbonyl (C=O) groups excluding carboxylic acids is 3. The second-order valence-electron chi connectivity index (χ2n) is 9.64. The molecule has 1 saturated heterocycles. The van der Waals surface area contributed by atoms with Crippen LogP contribution in [0.5, 0.6) is 0 Å². The Kier molecular flexibility index (Phi) is 8.86.